The largest absolute Gasteiger partial charge is 0.441 e. The highest BCUT2D eigenvalue weighted by atomic mass is 35.5. The number of Topliss-reactive ketones (excluding diaryl/α,β-unsaturated/α-hetero) is 1. The highest BCUT2D eigenvalue weighted by molar-refractivity contribution is 6.30. The molecule has 1 atom stereocenters. The molecule has 3 heterocycles. The van der Waals surface area contributed by atoms with E-state index in [9.17, 15) is 27.6 Å². The molecule has 3 aliphatic heterocycles. The number of halogens is 4. The van der Waals surface area contributed by atoms with Crippen LogP contribution in [0.5, 0.6) is 0 Å². The first-order valence-corrected chi connectivity index (χ1v) is 15.9. The summed E-state index contributed by atoms with van der Waals surface area (Å²) >= 11 is 5.96. The predicted molar refractivity (Wildman–Crippen MR) is 166 cm³/mol. The number of hydrogen-bond donors (Lipinski definition) is 0. The Balaban J connectivity index is 0.998. The lowest BCUT2D eigenvalue weighted by Gasteiger charge is -2.37. The van der Waals surface area contributed by atoms with Gasteiger partial charge in [-0.3, -0.25) is 19.4 Å². The van der Waals surface area contributed by atoms with Gasteiger partial charge >= 0.3 is 12.3 Å². The van der Waals surface area contributed by atoms with E-state index in [0.717, 1.165) is 36.1 Å². The highest BCUT2D eigenvalue weighted by Crippen LogP contribution is 2.35. The lowest BCUT2D eigenvalue weighted by Crippen LogP contribution is -2.46. The number of alkyl halides is 3. The van der Waals surface area contributed by atoms with Gasteiger partial charge in [-0.1, -0.05) is 35.9 Å². The maximum Gasteiger partial charge on any atom is 0.416 e. The number of carbonyl (C=O) groups is 3. The minimum absolute atomic E-state index is 0.0182. The molecule has 7 nitrogen and oxygen atoms in total. The van der Waals surface area contributed by atoms with Gasteiger partial charge in [0, 0.05) is 74.2 Å². The molecule has 3 aliphatic rings. The Morgan fingerprint density at radius 3 is 2.11 bits per heavy atom. The molecule has 3 aromatic carbocycles. The van der Waals surface area contributed by atoms with Gasteiger partial charge in [0.25, 0.3) is 5.91 Å². The first-order chi connectivity index (χ1) is 22.0. The summed E-state index contributed by atoms with van der Waals surface area (Å²) in [5.74, 6) is -0.365. The highest BCUT2D eigenvalue weighted by Gasteiger charge is 2.46. The number of carbonyl (C=O) groups excluding carboxylic acids is 3. The minimum atomic E-state index is -4.35. The van der Waals surface area contributed by atoms with E-state index in [1.165, 1.54) is 12.1 Å². The van der Waals surface area contributed by atoms with Crippen molar-refractivity contribution in [1.29, 1.82) is 0 Å². The van der Waals surface area contributed by atoms with Crippen LogP contribution in [-0.4, -0.2) is 70.8 Å². The summed E-state index contributed by atoms with van der Waals surface area (Å²) in [6.45, 7) is 3.64. The van der Waals surface area contributed by atoms with E-state index < -0.39 is 17.3 Å². The molecule has 0 saturated carbocycles. The van der Waals surface area contributed by atoms with Crippen molar-refractivity contribution in [2.24, 2.45) is 5.92 Å². The quantitative estimate of drug-likeness (QED) is 0.255. The number of benzene rings is 3. The average Bonchev–Trinajstić information content (AvgIpc) is 3.35. The number of piperidine rings is 2. The molecule has 3 fully saturated rings. The summed E-state index contributed by atoms with van der Waals surface area (Å²) < 4.78 is 44.5. The fourth-order valence-corrected chi connectivity index (χ4v) is 6.76. The summed E-state index contributed by atoms with van der Waals surface area (Å²) in [6, 6.07) is 19.3. The summed E-state index contributed by atoms with van der Waals surface area (Å²) in [5, 5.41) is 0.569. The lowest BCUT2D eigenvalue weighted by molar-refractivity contribution is -0.137. The van der Waals surface area contributed by atoms with Crippen LogP contribution >= 0.6 is 11.6 Å². The Morgan fingerprint density at radius 1 is 0.848 bits per heavy atom. The molecule has 0 N–H and O–H groups in total. The number of amides is 2. The fourth-order valence-electron chi connectivity index (χ4n) is 6.63. The van der Waals surface area contributed by atoms with Gasteiger partial charge in [-0.15, -0.1) is 0 Å². The van der Waals surface area contributed by atoms with E-state index in [-0.39, 0.29) is 23.7 Å². The Labute approximate surface area is 270 Å². The Bertz CT molecular complexity index is 1570. The topological polar surface area (TPSA) is 70.2 Å². The van der Waals surface area contributed by atoms with Crippen LogP contribution in [0.25, 0.3) is 0 Å². The minimum Gasteiger partial charge on any atom is -0.441 e. The van der Waals surface area contributed by atoms with Gasteiger partial charge in [-0.05, 0) is 72.5 Å². The zero-order valence-corrected chi connectivity index (χ0v) is 26.0. The van der Waals surface area contributed by atoms with Crippen LogP contribution in [0.2, 0.25) is 5.02 Å². The number of likely N-dealkylation sites (tertiary alicyclic amines) is 2. The number of ether oxygens (including phenoxy) is 1. The van der Waals surface area contributed by atoms with Crippen LogP contribution < -0.4 is 0 Å². The molecule has 242 valence electrons. The predicted octanol–water partition coefficient (Wildman–Crippen LogP) is 7.08. The fraction of sp³-hybridized carbons (Fsp3) is 0.400. The maximum absolute atomic E-state index is 13.3. The SMILES string of the molecule is O=C(c1ccc(Cl)cc1)C1CCCN(C(=O)c2ccc(CN3CC4(CCN(Cc5ccc(C(F)(F)F)cc5)CC4)OC3=O)cc2)C1. The van der Waals surface area contributed by atoms with E-state index in [2.05, 4.69) is 4.90 Å². The van der Waals surface area contributed by atoms with Crippen molar-refractivity contribution in [1.82, 2.24) is 14.7 Å². The number of ketones is 1. The molecule has 3 saturated heterocycles. The molecular formula is C35H35ClF3N3O4. The lowest BCUT2D eigenvalue weighted by atomic mass is 9.89. The van der Waals surface area contributed by atoms with Crippen LogP contribution in [0.4, 0.5) is 18.0 Å². The second-order valence-corrected chi connectivity index (χ2v) is 13.0. The number of nitrogens with zero attached hydrogens (tertiary/aromatic N) is 3. The van der Waals surface area contributed by atoms with Crippen molar-refractivity contribution in [3.63, 3.8) is 0 Å². The van der Waals surface area contributed by atoms with Crippen molar-refractivity contribution in [3.8, 4) is 0 Å². The van der Waals surface area contributed by atoms with Crippen LogP contribution in [0, 0.1) is 5.92 Å². The van der Waals surface area contributed by atoms with Crippen molar-refractivity contribution in [3.05, 3.63) is 106 Å². The Morgan fingerprint density at radius 2 is 1.46 bits per heavy atom. The van der Waals surface area contributed by atoms with Gasteiger partial charge in [0.1, 0.15) is 5.60 Å². The third-order valence-corrected chi connectivity index (χ3v) is 9.53. The zero-order valence-electron chi connectivity index (χ0n) is 25.3. The second-order valence-electron chi connectivity index (χ2n) is 12.5. The molecule has 0 aromatic heterocycles. The third-order valence-electron chi connectivity index (χ3n) is 9.28. The van der Waals surface area contributed by atoms with Gasteiger partial charge in [-0.2, -0.15) is 13.2 Å². The van der Waals surface area contributed by atoms with Gasteiger partial charge in [-0.25, -0.2) is 4.79 Å². The maximum atomic E-state index is 13.3. The van der Waals surface area contributed by atoms with Crippen LogP contribution in [0.15, 0.2) is 72.8 Å². The first-order valence-electron chi connectivity index (χ1n) is 15.5. The van der Waals surface area contributed by atoms with E-state index >= 15 is 0 Å². The van der Waals surface area contributed by atoms with E-state index in [4.69, 9.17) is 16.3 Å². The average molecular weight is 654 g/mol. The molecule has 2 amide bonds. The van der Waals surface area contributed by atoms with Gasteiger partial charge < -0.3 is 9.64 Å². The molecule has 46 heavy (non-hydrogen) atoms. The number of rotatable bonds is 7. The van der Waals surface area contributed by atoms with Gasteiger partial charge in [0.15, 0.2) is 5.78 Å². The second kappa shape index (κ2) is 13.1. The van der Waals surface area contributed by atoms with Gasteiger partial charge in [0.05, 0.1) is 12.1 Å². The molecule has 0 radical (unpaired) electrons. The molecule has 1 spiro atoms. The van der Waals surface area contributed by atoms with Crippen LogP contribution in [0.1, 0.15) is 63.1 Å². The Kier molecular flexibility index (Phi) is 9.12. The first kappa shape index (κ1) is 32.1. The van der Waals surface area contributed by atoms with Crippen LogP contribution in [0.3, 0.4) is 0 Å². The molecule has 3 aromatic rings. The molecule has 0 aliphatic carbocycles. The zero-order chi connectivity index (χ0) is 32.5. The van der Waals surface area contributed by atoms with E-state index in [1.807, 2.05) is 12.1 Å². The molecule has 11 heteroatoms. The summed E-state index contributed by atoms with van der Waals surface area (Å²) in [5.41, 5.74) is 1.56. The molecule has 1 unspecified atom stereocenters. The van der Waals surface area contributed by atoms with Crippen molar-refractivity contribution >= 4 is 29.4 Å². The number of hydrogen-bond acceptors (Lipinski definition) is 5. The summed E-state index contributed by atoms with van der Waals surface area (Å²) in [6.07, 6.45) is -1.97. The van der Waals surface area contributed by atoms with E-state index in [1.54, 1.807) is 46.2 Å². The summed E-state index contributed by atoms with van der Waals surface area (Å²) in [4.78, 5) is 44.8. The van der Waals surface area contributed by atoms with Crippen molar-refractivity contribution in [2.45, 2.75) is 50.6 Å². The van der Waals surface area contributed by atoms with Gasteiger partial charge in [0.2, 0.25) is 0 Å². The summed E-state index contributed by atoms with van der Waals surface area (Å²) in [7, 11) is 0. The van der Waals surface area contributed by atoms with Crippen molar-refractivity contribution < 1.29 is 32.3 Å². The standard InChI is InChI=1S/C35H35ClF3N3O4/c36-30-13-9-26(10-14-30)31(43)28-2-1-17-41(22-28)32(44)27-7-3-25(4-8-27)21-42-23-34(46-33(42)45)15-18-40(19-16-34)20-24-5-11-29(12-6-24)35(37,38)39/h3-14,28H,1-2,15-23H2. The monoisotopic (exact) mass is 653 g/mol. The molecule has 6 rings (SSSR count). The smallest absolute Gasteiger partial charge is 0.416 e. The Hall–Kier alpha value is -3.89. The van der Waals surface area contributed by atoms with Crippen LogP contribution in [-0.2, 0) is 24.0 Å². The van der Waals surface area contributed by atoms with Crippen molar-refractivity contribution in [2.75, 3.05) is 32.7 Å². The molecule has 0 bridgehead atoms. The van der Waals surface area contributed by atoms with E-state index in [0.29, 0.717) is 74.8 Å². The normalized spacial score (nSPS) is 20.2. The molecular weight excluding hydrogens is 619 g/mol. The third kappa shape index (κ3) is 7.23.